The maximum Gasteiger partial charge on any atom is 0.193 e. The van der Waals surface area contributed by atoms with Gasteiger partial charge in [-0.3, -0.25) is 9.47 Å². The van der Waals surface area contributed by atoms with Crippen LogP contribution in [0.2, 0.25) is 0 Å². The molecule has 0 aliphatic carbocycles. The van der Waals surface area contributed by atoms with Crippen LogP contribution < -0.4 is 5.84 Å². The van der Waals surface area contributed by atoms with Gasteiger partial charge in [-0.05, 0) is 48.5 Å². The van der Waals surface area contributed by atoms with Crippen molar-refractivity contribution in [3.05, 3.63) is 71.7 Å². The summed E-state index contributed by atoms with van der Waals surface area (Å²) >= 11 is 0. The van der Waals surface area contributed by atoms with E-state index in [1.165, 1.54) is 28.9 Å². The number of nitrogens with two attached hydrogens (primary N) is 1. The smallest absolute Gasteiger partial charge is 0.193 e. The molecule has 2 aromatic carbocycles. The van der Waals surface area contributed by atoms with Crippen LogP contribution in [-0.2, 0) is 0 Å². The van der Waals surface area contributed by atoms with E-state index in [0.29, 0.717) is 11.1 Å². The molecule has 0 fully saturated rings. The van der Waals surface area contributed by atoms with Crippen LogP contribution in [0.25, 0.3) is 10.9 Å². The Morgan fingerprint density at radius 2 is 1.68 bits per heavy atom. The van der Waals surface area contributed by atoms with Crippen molar-refractivity contribution in [2.75, 3.05) is 5.84 Å². The number of nitrogens with zero attached hydrogens (tertiary/aromatic N) is 1. The summed E-state index contributed by atoms with van der Waals surface area (Å²) in [5.41, 5.74) is 1.88. The van der Waals surface area contributed by atoms with E-state index in [1.54, 1.807) is 24.4 Å². The third kappa shape index (κ3) is 1.97. The average Bonchev–Trinajstić information content (AvgIpc) is 2.80. The van der Waals surface area contributed by atoms with Crippen molar-refractivity contribution in [3.8, 4) is 0 Å². The van der Waals surface area contributed by atoms with E-state index < -0.39 is 0 Å². The summed E-state index contributed by atoms with van der Waals surface area (Å²) < 4.78 is 14.3. The quantitative estimate of drug-likeness (QED) is 0.564. The lowest BCUT2D eigenvalue weighted by Crippen LogP contribution is -2.05. The third-order valence-electron chi connectivity index (χ3n) is 3.09. The average molecular weight is 254 g/mol. The Morgan fingerprint density at radius 1 is 1.00 bits per heavy atom. The molecule has 1 aromatic heterocycles. The number of fused-ring (bicyclic) bond motifs is 1. The molecule has 0 spiro atoms. The van der Waals surface area contributed by atoms with Crippen LogP contribution in [0.3, 0.4) is 0 Å². The lowest BCUT2D eigenvalue weighted by atomic mass is 10.0. The summed E-state index contributed by atoms with van der Waals surface area (Å²) in [6, 6.07) is 12.7. The number of ketones is 1. The summed E-state index contributed by atoms with van der Waals surface area (Å²) in [6.45, 7) is 0. The van der Waals surface area contributed by atoms with Gasteiger partial charge >= 0.3 is 0 Å². The number of hydrogen-bond acceptors (Lipinski definition) is 2. The van der Waals surface area contributed by atoms with Crippen molar-refractivity contribution in [2.24, 2.45) is 0 Å². The molecule has 94 valence electrons. The highest BCUT2D eigenvalue weighted by Gasteiger charge is 2.10. The van der Waals surface area contributed by atoms with Crippen LogP contribution in [0.5, 0.6) is 0 Å². The fraction of sp³-hybridized carbons (Fsp3) is 0. The zero-order chi connectivity index (χ0) is 13.4. The Hall–Kier alpha value is -2.62. The van der Waals surface area contributed by atoms with E-state index in [-0.39, 0.29) is 11.6 Å². The van der Waals surface area contributed by atoms with E-state index >= 15 is 0 Å². The Labute approximate surface area is 109 Å². The minimum absolute atomic E-state index is 0.133. The maximum atomic E-state index is 12.8. The summed E-state index contributed by atoms with van der Waals surface area (Å²) in [5, 5.41) is 0.899. The molecule has 0 amide bonds. The lowest BCUT2D eigenvalue weighted by Gasteiger charge is -2.02. The van der Waals surface area contributed by atoms with Crippen molar-refractivity contribution in [2.45, 2.75) is 0 Å². The molecule has 3 rings (SSSR count). The third-order valence-corrected chi connectivity index (χ3v) is 3.09. The van der Waals surface area contributed by atoms with Crippen LogP contribution in [0, 0.1) is 5.82 Å². The molecule has 19 heavy (non-hydrogen) atoms. The van der Waals surface area contributed by atoms with Crippen LogP contribution in [-0.4, -0.2) is 10.5 Å². The second-order valence-electron chi connectivity index (χ2n) is 4.33. The molecular weight excluding hydrogens is 243 g/mol. The Morgan fingerprint density at radius 3 is 2.42 bits per heavy atom. The zero-order valence-corrected chi connectivity index (χ0v) is 10.0. The molecule has 0 unspecified atom stereocenters. The fourth-order valence-corrected chi connectivity index (χ4v) is 2.07. The Balaban J connectivity index is 2.03. The Bertz CT molecular complexity index is 759. The lowest BCUT2D eigenvalue weighted by molar-refractivity contribution is 0.103. The van der Waals surface area contributed by atoms with Gasteiger partial charge < -0.3 is 5.84 Å². The Kier molecular flexibility index (Phi) is 2.56. The van der Waals surface area contributed by atoms with Gasteiger partial charge in [-0.1, -0.05) is 0 Å². The van der Waals surface area contributed by atoms with E-state index in [2.05, 4.69) is 0 Å². The molecule has 4 heteroatoms. The van der Waals surface area contributed by atoms with Crippen LogP contribution in [0.1, 0.15) is 15.9 Å². The predicted octanol–water partition coefficient (Wildman–Crippen LogP) is 2.73. The first-order chi connectivity index (χ1) is 9.15. The fourth-order valence-electron chi connectivity index (χ4n) is 2.07. The SMILES string of the molecule is Nn1ccc2cc(C(=O)c3ccc(F)cc3)ccc21. The largest absolute Gasteiger partial charge is 0.339 e. The number of rotatable bonds is 2. The monoisotopic (exact) mass is 254 g/mol. The van der Waals surface area contributed by atoms with Gasteiger partial charge in [-0.15, -0.1) is 0 Å². The molecule has 0 saturated heterocycles. The number of halogens is 1. The topological polar surface area (TPSA) is 48.0 Å². The van der Waals surface area contributed by atoms with Crippen molar-refractivity contribution >= 4 is 16.7 Å². The van der Waals surface area contributed by atoms with Gasteiger partial charge in [0.1, 0.15) is 5.82 Å². The second kappa shape index (κ2) is 4.24. The second-order valence-corrected chi connectivity index (χ2v) is 4.33. The molecule has 1 heterocycles. The molecule has 0 aliphatic rings. The predicted molar refractivity (Wildman–Crippen MR) is 71.9 cm³/mol. The summed E-state index contributed by atoms with van der Waals surface area (Å²) in [5.74, 6) is 5.23. The van der Waals surface area contributed by atoms with Gasteiger partial charge in [0.25, 0.3) is 0 Å². The first-order valence-electron chi connectivity index (χ1n) is 5.81. The van der Waals surface area contributed by atoms with Gasteiger partial charge in [0, 0.05) is 22.7 Å². The van der Waals surface area contributed by atoms with E-state index in [4.69, 9.17) is 5.84 Å². The molecule has 3 aromatic rings. The number of hydrogen-bond donors (Lipinski definition) is 1. The number of nitrogen functional groups attached to an aromatic ring is 1. The van der Waals surface area contributed by atoms with Gasteiger partial charge in [-0.2, -0.15) is 0 Å². The maximum absolute atomic E-state index is 12.8. The standard InChI is InChI=1S/C15H11FN2O/c16-13-4-1-10(2-5-13)15(19)12-3-6-14-11(9-12)7-8-18(14)17/h1-9H,17H2. The molecule has 0 bridgehead atoms. The van der Waals surface area contributed by atoms with Crippen LogP contribution in [0.4, 0.5) is 4.39 Å². The van der Waals surface area contributed by atoms with Gasteiger partial charge in [0.2, 0.25) is 0 Å². The number of carbonyl (C=O) groups is 1. The van der Waals surface area contributed by atoms with E-state index in [1.807, 2.05) is 6.07 Å². The number of benzene rings is 2. The molecule has 0 atom stereocenters. The number of carbonyl (C=O) groups excluding carboxylic acids is 1. The van der Waals surface area contributed by atoms with Crippen molar-refractivity contribution in [3.63, 3.8) is 0 Å². The molecule has 0 radical (unpaired) electrons. The first kappa shape index (κ1) is 11.5. The zero-order valence-electron chi connectivity index (χ0n) is 10.0. The molecular formula is C15H11FN2O. The van der Waals surface area contributed by atoms with Crippen molar-refractivity contribution < 1.29 is 9.18 Å². The van der Waals surface area contributed by atoms with E-state index in [9.17, 15) is 9.18 Å². The van der Waals surface area contributed by atoms with Crippen LogP contribution in [0.15, 0.2) is 54.7 Å². The van der Waals surface area contributed by atoms with Gasteiger partial charge in [0.15, 0.2) is 5.78 Å². The number of aromatic nitrogens is 1. The molecule has 3 nitrogen and oxygen atoms in total. The highest BCUT2D eigenvalue weighted by Crippen LogP contribution is 2.18. The summed E-state index contributed by atoms with van der Waals surface area (Å²) in [4.78, 5) is 12.2. The minimum atomic E-state index is -0.354. The van der Waals surface area contributed by atoms with Gasteiger partial charge in [0.05, 0.1) is 5.52 Å². The molecule has 0 aliphatic heterocycles. The minimum Gasteiger partial charge on any atom is -0.339 e. The molecule has 0 saturated carbocycles. The first-order valence-corrected chi connectivity index (χ1v) is 5.81. The van der Waals surface area contributed by atoms with Crippen molar-refractivity contribution in [1.29, 1.82) is 0 Å². The van der Waals surface area contributed by atoms with Gasteiger partial charge in [-0.25, -0.2) is 4.39 Å². The van der Waals surface area contributed by atoms with E-state index in [0.717, 1.165) is 10.9 Å². The summed E-state index contributed by atoms with van der Waals surface area (Å²) in [7, 11) is 0. The normalized spacial score (nSPS) is 10.8. The summed E-state index contributed by atoms with van der Waals surface area (Å²) in [6.07, 6.45) is 1.73. The van der Waals surface area contributed by atoms with Crippen molar-refractivity contribution in [1.82, 2.24) is 4.68 Å². The molecule has 2 N–H and O–H groups in total. The highest BCUT2D eigenvalue weighted by atomic mass is 19.1. The highest BCUT2D eigenvalue weighted by molar-refractivity contribution is 6.10. The van der Waals surface area contributed by atoms with Crippen LogP contribution >= 0.6 is 0 Å².